The van der Waals surface area contributed by atoms with Crippen molar-refractivity contribution >= 4 is 29.8 Å². The molecule has 0 aromatic rings. The molecular formula is C31H47F3O10. The second-order valence-electron chi connectivity index (χ2n) is 11.3. The molecule has 0 aliphatic heterocycles. The number of carbonyl (C=O) groups excluding carboxylic acids is 5. The van der Waals surface area contributed by atoms with Crippen molar-refractivity contribution in [3.8, 4) is 0 Å². The summed E-state index contributed by atoms with van der Waals surface area (Å²) in [6.07, 6.45) is -4.93. The molecule has 1 unspecified atom stereocenters. The fraction of sp³-hybridized carbons (Fsp3) is 0.645. The largest absolute Gasteiger partial charge is 0.464 e. The van der Waals surface area contributed by atoms with Crippen LogP contribution in [0.4, 0.5) is 13.2 Å². The van der Waals surface area contributed by atoms with Gasteiger partial charge in [-0.1, -0.05) is 40.5 Å². The van der Waals surface area contributed by atoms with Crippen molar-refractivity contribution in [2.45, 2.75) is 81.3 Å². The predicted octanol–water partition coefficient (Wildman–Crippen LogP) is 5.84. The van der Waals surface area contributed by atoms with E-state index < -0.39 is 85.3 Å². The van der Waals surface area contributed by atoms with Gasteiger partial charge in [0.2, 0.25) is 0 Å². The molecule has 0 aromatic carbocycles. The maximum absolute atomic E-state index is 13.3. The molecule has 10 nitrogen and oxygen atoms in total. The van der Waals surface area contributed by atoms with Crippen molar-refractivity contribution < 1.29 is 60.8 Å². The standard InChI is InChI=1S/C29H41F3O10.C2H6/c1-11-27(10,25(37)42-17-29(30,31)32)12-26(8,9)24(36)41-16-28(13-38-21(33)18(2)3,14-39-22(34)19(4)5)15-40-23(35)20(6)7;1-2/h2,4,6,11-17H2,1,3,5,7-10H3;1-2H3. The molecule has 0 bridgehead atoms. The molecule has 0 amide bonds. The Kier molecular flexibility index (Phi) is 17.6. The van der Waals surface area contributed by atoms with Crippen LogP contribution in [0.1, 0.15) is 75.2 Å². The first-order chi connectivity index (χ1) is 20.0. The van der Waals surface area contributed by atoms with E-state index in [1.807, 2.05) is 13.8 Å². The zero-order valence-corrected chi connectivity index (χ0v) is 27.3. The molecule has 252 valence electrons. The Labute approximate surface area is 257 Å². The molecule has 0 saturated carbocycles. The van der Waals surface area contributed by atoms with Gasteiger partial charge >= 0.3 is 36.0 Å². The van der Waals surface area contributed by atoms with Gasteiger partial charge < -0.3 is 23.7 Å². The summed E-state index contributed by atoms with van der Waals surface area (Å²) in [6.45, 7) is 20.4. The number of alkyl halides is 3. The number of rotatable bonds is 17. The Balaban J connectivity index is 0. The van der Waals surface area contributed by atoms with Crippen molar-refractivity contribution in [2.75, 3.05) is 33.0 Å². The Morgan fingerprint density at radius 3 is 1.20 bits per heavy atom. The molecule has 1 atom stereocenters. The first kappa shape index (κ1) is 42.5. The minimum atomic E-state index is -4.73. The van der Waals surface area contributed by atoms with Gasteiger partial charge in [0.1, 0.15) is 31.8 Å². The van der Waals surface area contributed by atoms with E-state index in [2.05, 4.69) is 24.5 Å². The fourth-order valence-electron chi connectivity index (χ4n) is 3.40. The lowest BCUT2D eigenvalue weighted by molar-refractivity contribution is -0.195. The van der Waals surface area contributed by atoms with Gasteiger partial charge in [0.05, 0.1) is 10.8 Å². The lowest BCUT2D eigenvalue weighted by Crippen LogP contribution is -2.46. The van der Waals surface area contributed by atoms with Gasteiger partial charge in [-0.2, -0.15) is 13.2 Å². The van der Waals surface area contributed by atoms with Crippen molar-refractivity contribution in [1.29, 1.82) is 0 Å². The lowest BCUT2D eigenvalue weighted by Gasteiger charge is -2.36. The van der Waals surface area contributed by atoms with Crippen LogP contribution in [0.15, 0.2) is 36.5 Å². The Hall–Kier alpha value is -3.64. The Morgan fingerprint density at radius 2 is 0.909 bits per heavy atom. The van der Waals surface area contributed by atoms with Crippen molar-refractivity contribution in [1.82, 2.24) is 0 Å². The van der Waals surface area contributed by atoms with E-state index in [4.69, 9.17) is 18.9 Å². The number of hydrogen-bond acceptors (Lipinski definition) is 10. The van der Waals surface area contributed by atoms with Crippen molar-refractivity contribution in [2.24, 2.45) is 16.2 Å². The van der Waals surface area contributed by atoms with E-state index in [9.17, 15) is 37.1 Å². The van der Waals surface area contributed by atoms with Gasteiger partial charge in [0, 0.05) is 16.7 Å². The van der Waals surface area contributed by atoms with E-state index in [-0.39, 0.29) is 29.6 Å². The highest BCUT2D eigenvalue weighted by Crippen LogP contribution is 2.39. The maximum Gasteiger partial charge on any atom is 0.422 e. The average Bonchev–Trinajstić information content (AvgIpc) is 2.94. The number of hydrogen-bond donors (Lipinski definition) is 0. The van der Waals surface area contributed by atoms with Gasteiger partial charge in [-0.3, -0.25) is 9.59 Å². The molecule has 0 aliphatic carbocycles. The van der Waals surface area contributed by atoms with Crippen LogP contribution in [0.2, 0.25) is 0 Å². The van der Waals surface area contributed by atoms with E-state index in [1.54, 1.807) is 6.92 Å². The summed E-state index contributed by atoms with van der Waals surface area (Å²) < 4.78 is 63.5. The van der Waals surface area contributed by atoms with Gasteiger partial charge in [-0.05, 0) is 54.4 Å². The molecule has 44 heavy (non-hydrogen) atoms. The van der Waals surface area contributed by atoms with Crippen molar-refractivity contribution in [3.63, 3.8) is 0 Å². The second-order valence-corrected chi connectivity index (χ2v) is 11.3. The molecule has 0 aliphatic rings. The highest BCUT2D eigenvalue weighted by atomic mass is 19.4. The molecule has 0 fully saturated rings. The highest BCUT2D eigenvalue weighted by Gasteiger charge is 2.45. The number of ether oxygens (including phenoxy) is 5. The highest BCUT2D eigenvalue weighted by molar-refractivity contribution is 5.88. The zero-order valence-electron chi connectivity index (χ0n) is 27.3. The third-order valence-corrected chi connectivity index (χ3v) is 6.11. The summed E-state index contributed by atoms with van der Waals surface area (Å²) in [5, 5.41) is 0. The van der Waals surface area contributed by atoms with Crippen LogP contribution < -0.4 is 0 Å². The monoisotopic (exact) mass is 636 g/mol. The van der Waals surface area contributed by atoms with Crippen molar-refractivity contribution in [3.05, 3.63) is 36.5 Å². The molecule has 13 heteroatoms. The minimum Gasteiger partial charge on any atom is -0.464 e. The smallest absolute Gasteiger partial charge is 0.422 e. The van der Waals surface area contributed by atoms with E-state index >= 15 is 0 Å². The molecule has 0 saturated heterocycles. The first-order valence-electron chi connectivity index (χ1n) is 13.9. The summed E-state index contributed by atoms with van der Waals surface area (Å²) in [5.74, 6) is -4.49. The molecular weight excluding hydrogens is 589 g/mol. The van der Waals surface area contributed by atoms with Crippen LogP contribution in [0.5, 0.6) is 0 Å². The van der Waals surface area contributed by atoms with Gasteiger partial charge in [-0.15, -0.1) is 0 Å². The molecule has 0 radical (unpaired) electrons. The number of esters is 5. The SMILES string of the molecule is C=C(C)C(=O)OCC(COC(=O)C(=C)C)(COC(=O)C(=C)C)COC(=O)C(C)(C)CC(C)(CC)C(=O)OCC(F)(F)F.CC. The third kappa shape index (κ3) is 15.2. The molecule has 0 heterocycles. The molecule has 0 aromatic heterocycles. The molecule has 0 spiro atoms. The zero-order chi connectivity index (χ0) is 35.1. The van der Waals surface area contributed by atoms with Crippen LogP contribution in [0.25, 0.3) is 0 Å². The van der Waals surface area contributed by atoms with Crippen LogP contribution in [0, 0.1) is 16.2 Å². The summed E-state index contributed by atoms with van der Waals surface area (Å²) in [7, 11) is 0. The first-order valence-corrected chi connectivity index (χ1v) is 13.9. The van der Waals surface area contributed by atoms with Crippen LogP contribution >= 0.6 is 0 Å². The quantitative estimate of drug-likeness (QED) is 0.109. The normalized spacial score (nSPS) is 12.7. The molecule has 0 rings (SSSR count). The average molecular weight is 637 g/mol. The summed E-state index contributed by atoms with van der Waals surface area (Å²) >= 11 is 0. The number of halogens is 3. The van der Waals surface area contributed by atoms with E-state index in [0.29, 0.717) is 0 Å². The van der Waals surface area contributed by atoms with Gasteiger partial charge in [0.25, 0.3) is 0 Å². The maximum atomic E-state index is 13.3. The topological polar surface area (TPSA) is 132 Å². The van der Waals surface area contributed by atoms with Crippen LogP contribution in [0.3, 0.4) is 0 Å². The minimum absolute atomic E-state index is 0.0381. The van der Waals surface area contributed by atoms with Gasteiger partial charge in [-0.25, -0.2) is 14.4 Å². The fourth-order valence-corrected chi connectivity index (χ4v) is 3.40. The summed E-state index contributed by atoms with van der Waals surface area (Å²) in [6, 6.07) is 0. The third-order valence-electron chi connectivity index (χ3n) is 6.11. The summed E-state index contributed by atoms with van der Waals surface area (Å²) in [5.41, 5.74) is -4.41. The Bertz CT molecular complexity index is 1000. The molecule has 0 N–H and O–H groups in total. The lowest BCUT2D eigenvalue weighted by atomic mass is 9.72. The second kappa shape index (κ2) is 18.2. The van der Waals surface area contributed by atoms with Gasteiger partial charge in [0.15, 0.2) is 6.61 Å². The van der Waals surface area contributed by atoms with Crippen LogP contribution in [-0.2, 0) is 47.7 Å². The van der Waals surface area contributed by atoms with E-state index in [0.717, 1.165) is 0 Å². The van der Waals surface area contributed by atoms with E-state index in [1.165, 1.54) is 41.5 Å². The van der Waals surface area contributed by atoms with Crippen LogP contribution in [-0.4, -0.2) is 69.1 Å². The Morgan fingerprint density at radius 1 is 0.591 bits per heavy atom. The number of carbonyl (C=O) groups is 5. The predicted molar refractivity (Wildman–Crippen MR) is 156 cm³/mol. The summed E-state index contributed by atoms with van der Waals surface area (Å²) in [4.78, 5) is 62.3.